The molecule has 1 heterocycles. The van der Waals surface area contributed by atoms with Crippen molar-refractivity contribution in [2.24, 2.45) is 23.5 Å². The minimum absolute atomic E-state index is 0.0177. The van der Waals surface area contributed by atoms with Gasteiger partial charge in [-0.25, -0.2) is 8.42 Å². The average molecular weight is 274 g/mol. The van der Waals surface area contributed by atoms with E-state index in [0.717, 1.165) is 12.8 Å². The van der Waals surface area contributed by atoms with Gasteiger partial charge in [-0.3, -0.25) is 4.79 Å². The Hall–Kier alpha value is -0.620. The third kappa shape index (κ3) is 3.23. The topological polar surface area (TPSA) is 89.3 Å². The smallest absolute Gasteiger partial charge is 0.224 e. The first kappa shape index (κ1) is 13.8. The highest BCUT2D eigenvalue weighted by molar-refractivity contribution is 7.91. The van der Waals surface area contributed by atoms with Gasteiger partial charge >= 0.3 is 0 Å². The summed E-state index contributed by atoms with van der Waals surface area (Å²) in [6.07, 6.45) is 3.92. The van der Waals surface area contributed by atoms with Crippen LogP contribution in [0.1, 0.15) is 25.7 Å². The van der Waals surface area contributed by atoms with Gasteiger partial charge in [0.15, 0.2) is 9.84 Å². The molecule has 104 valence electrons. The van der Waals surface area contributed by atoms with E-state index in [9.17, 15) is 13.2 Å². The third-order valence-corrected chi connectivity index (χ3v) is 6.03. The van der Waals surface area contributed by atoms with Gasteiger partial charge in [0, 0.05) is 6.54 Å². The number of carbonyl (C=O) groups is 1. The molecular weight excluding hydrogens is 252 g/mol. The van der Waals surface area contributed by atoms with Crippen molar-refractivity contribution in [3.63, 3.8) is 0 Å². The van der Waals surface area contributed by atoms with Gasteiger partial charge in [0.25, 0.3) is 0 Å². The van der Waals surface area contributed by atoms with Crippen LogP contribution >= 0.6 is 0 Å². The predicted molar refractivity (Wildman–Crippen MR) is 69.7 cm³/mol. The highest BCUT2D eigenvalue weighted by Gasteiger charge is 2.33. The van der Waals surface area contributed by atoms with E-state index in [-0.39, 0.29) is 23.3 Å². The zero-order chi connectivity index (χ0) is 13.2. The number of carbonyl (C=O) groups excluding carboxylic acids is 1. The van der Waals surface area contributed by atoms with Crippen molar-refractivity contribution in [1.82, 2.24) is 5.32 Å². The van der Waals surface area contributed by atoms with Gasteiger partial charge in [0.1, 0.15) is 0 Å². The van der Waals surface area contributed by atoms with E-state index >= 15 is 0 Å². The standard InChI is InChI=1S/C12H22N2O3S/c13-6-9-2-1-3-10(9)7-14-12(15)11-4-5-18(16,17)8-11/h9-11H,1-8,13H2,(H,14,15). The van der Waals surface area contributed by atoms with Gasteiger partial charge in [-0.15, -0.1) is 0 Å². The number of rotatable bonds is 4. The van der Waals surface area contributed by atoms with Crippen LogP contribution in [-0.4, -0.2) is 38.9 Å². The van der Waals surface area contributed by atoms with Crippen LogP contribution in [0.5, 0.6) is 0 Å². The molecule has 0 bridgehead atoms. The van der Waals surface area contributed by atoms with Crippen molar-refractivity contribution in [2.75, 3.05) is 24.6 Å². The van der Waals surface area contributed by atoms with Gasteiger partial charge in [0.05, 0.1) is 17.4 Å². The summed E-state index contributed by atoms with van der Waals surface area (Å²) in [6, 6.07) is 0. The Morgan fingerprint density at radius 3 is 2.56 bits per heavy atom. The summed E-state index contributed by atoms with van der Waals surface area (Å²) >= 11 is 0. The van der Waals surface area contributed by atoms with Crippen LogP contribution < -0.4 is 11.1 Å². The van der Waals surface area contributed by atoms with E-state index in [4.69, 9.17) is 5.73 Å². The van der Waals surface area contributed by atoms with E-state index in [0.29, 0.717) is 31.3 Å². The fourth-order valence-corrected chi connectivity index (χ4v) is 4.81. The molecule has 2 rings (SSSR count). The SMILES string of the molecule is NCC1CCCC1CNC(=O)C1CCS(=O)(=O)C1. The van der Waals surface area contributed by atoms with Gasteiger partial charge < -0.3 is 11.1 Å². The monoisotopic (exact) mass is 274 g/mol. The number of sulfone groups is 1. The maximum Gasteiger partial charge on any atom is 0.224 e. The van der Waals surface area contributed by atoms with Gasteiger partial charge in [-0.05, 0) is 37.6 Å². The van der Waals surface area contributed by atoms with Crippen LogP contribution in [0.2, 0.25) is 0 Å². The second-order valence-electron chi connectivity index (χ2n) is 5.53. The summed E-state index contributed by atoms with van der Waals surface area (Å²) in [5, 5.41) is 2.91. The number of amides is 1. The lowest BCUT2D eigenvalue weighted by Gasteiger charge is -2.19. The Labute approximate surface area is 108 Å². The lowest BCUT2D eigenvalue weighted by Crippen LogP contribution is -2.36. The van der Waals surface area contributed by atoms with E-state index in [2.05, 4.69) is 5.32 Å². The number of nitrogens with one attached hydrogen (secondary N) is 1. The van der Waals surface area contributed by atoms with Crippen LogP contribution in [0.25, 0.3) is 0 Å². The first-order chi connectivity index (χ1) is 8.52. The molecule has 1 saturated carbocycles. The van der Waals surface area contributed by atoms with Crippen molar-refractivity contribution < 1.29 is 13.2 Å². The predicted octanol–water partition coefficient (Wildman–Crippen LogP) is -0.0877. The molecule has 1 aliphatic carbocycles. The molecule has 0 aromatic carbocycles. The summed E-state index contributed by atoms with van der Waals surface area (Å²) in [5.41, 5.74) is 5.70. The van der Waals surface area contributed by atoms with Crippen molar-refractivity contribution in [3.05, 3.63) is 0 Å². The van der Waals surface area contributed by atoms with Crippen molar-refractivity contribution >= 4 is 15.7 Å². The fourth-order valence-electron chi connectivity index (χ4n) is 3.07. The molecular formula is C12H22N2O3S. The Bertz CT molecular complexity index is 408. The maximum absolute atomic E-state index is 11.9. The summed E-state index contributed by atoms with van der Waals surface area (Å²) < 4.78 is 22.6. The van der Waals surface area contributed by atoms with Gasteiger partial charge in [-0.1, -0.05) is 6.42 Å². The summed E-state index contributed by atoms with van der Waals surface area (Å²) in [4.78, 5) is 11.9. The van der Waals surface area contributed by atoms with Crippen LogP contribution in [0.15, 0.2) is 0 Å². The third-order valence-electron chi connectivity index (χ3n) is 4.26. The highest BCUT2D eigenvalue weighted by Crippen LogP contribution is 2.30. The first-order valence-electron chi connectivity index (χ1n) is 6.70. The van der Waals surface area contributed by atoms with Crippen molar-refractivity contribution in [2.45, 2.75) is 25.7 Å². The molecule has 3 atom stereocenters. The quantitative estimate of drug-likeness (QED) is 0.750. The number of hydrogen-bond donors (Lipinski definition) is 2. The number of hydrogen-bond acceptors (Lipinski definition) is 4. The second-order valence-corrected chi connectivity index (χ2v) is 7.76. The average Bonchev–Trinajstić information content (AvgIpc) is 2.91. The molecule has 0 spiro atoms. The Balaban J connectivity index is 1.78. The zero-order valence-electron chi connectivity index (χ0n) is 10.6. The summed E-state index contributed by atoms with van der Waals surface area (Å²) in [5.74, 6) is 0.713. The largest absolute Gasteiger partial charge is 0.356 e. The molecule has 1 amide bonds. The molecule has 2 aliphatic rings. The Morgan fingerprint density at radius 2 is 1.94 bits per heavy atom. The van der Waals surface area contributed by atoms with Crippen LogP contribution in [0.3, 0.4) is 0 Å². The lowest BCUT2D eigenvalue weighted by atomic mass is 9.96. The van der Waals surface area contributed by atoms with Crippen molar-refractivity contribution in [1.29, 1.82) is 0 Å². The van der Waals surface area contributed by atoms with Gasteiger partial charge in [-0.2, -0.15) is 0 Å². The van der Waals surface area contributed by atoms with E-state index < -0.39 is 9.84 Å². The van der Waals surface area contributed by atoms with Crippen LogP contribution in [0.4, 0.5) is 0 Å². The Morgan fingerprint density at radius 1 is 1.22 bits per heavy atom. The summed E-state index contributed by atoms with van der Waals surface area (Å²) in [6.45, 7) is 1.33. The Kier molecular flexibility index (Phi) is 4.27. The molecule has 0 radical (unpaired) electrons. The zero-order valence-corrected chi connectivity index (χ0v) is 11.4. The molecule has 3 unspecified atom stereocenters. The van der Waals surface area contributed by atoms with E-state index in [1.54, 1.807) is 0 Å². The van der Waals surface area contributed by atoms with E-state index in [1.165, 1.54) is 6.42 Å². The molecule has 1 saturated heterocycles. The molecule has 5 nitrogen and oxygen atoms in total. The minimum atomic E-state index is -2.97. The molecule has 0 aromatic rings. The molecule has 3 N–H and O–H groups in total. The highest BCUT2D eigenvalue weighted by atomic mass is 32.2. The second kappa shape index (κ2) is 5.57. The van der Waals surface area contributed by atoms with E-state index in [1.807, 2.05) is 0 Å². The molecule has 18 heavy (non-hydrogen) atoms. The summed E-state index contributed by atoms with van der Waals surface area (Å²) in [7, 11) is -2.97. The van der Waals surface area contributed by atoms with Crippen molar-refractivity contribution in [3.8, 4) is 0 Å². The molecule has 2 fully saturated rings. The number of nitrogens with two attached hydrogens (primary N) is 1. The fraction of sp³-hybridized carbons (Fsp3) is 0.917. The molecule has 6 heteroatoms. The normalized spacial score (nSPS) is 34.6. The van der Waals surface area contributed by atoms with Crippen LogP contribution in [0, 0.1) is 17.8 Å². The van der Waals surface area contributed by atoms with Gasteiger partial charge in [0.2, 0.25) is 5.91 Å². The first-order valence-corrected chi connectivity index (χ1v) is 8.52. The minimum Gasteiger partial charge on any atom is -0.356 e. The van der Waals surface area contributed by atoms with Crippen LogP contribution in [-0.2, 0) is 14.6 Å². The lowest BCUT2D eigenvalue weighted by molar-refractivity contribution is -0.124. The maximum atomic E-state index is 11.9. The molecule has 1 aliphatic heterocycles. The molecule has 0 aromatic heterocycles.